The second-order valence-electron chi connectivity index (χ2n) is 5.73. The van der Waals surface area contributed by atoms with Crippen molar-refractivity contribution in [3.8, 4) is 0 Å². The highest BCUT2D eigenvalue weighted by Gasteiger charge is 2.41. The molecule has 0 aliphatic carbocycles. The van der Waals surface area contributed by atoms with Gasteiger partial charge in [-0.2, -0.15) is 0 Å². The lowest BCUT2D eigenvalue weighted by atomic mass is 9.91. The van der Waals surface area contributed by atoms with E-state index in [1.165, 1.54) is 6.07 Å². The molecule has 1 aliphatic rings. The van der Waals surface area contributed by atoms with Crippen LogP contribution in [-0.4, -0.2) is 29.9 Å². The summed E-state index contributed by atoms with van der Waals surface area (Å²) in [6.07, 6.45) is 2.52. The number of amides is 1. The third-order valence-corrected chi connectivity index (χ3v) is 4.58. The molecule has 2 rings (SSSR count). The van der Waals surface area contributed by atoms with Crippen LogP contribution in [0.2, 0.25) is 0 Å². The number of benzene rings is 1. The van der Waals surface area contributed by atoms with Gasteiger partial charge in [0.05, 0.1) is 11.6 Å². The third kappa shape index (κ3) is 2.93. The summed E-state index contributed by atoms with van der Waals surface area (Å²) >= 11 is 0. The van der Waals surface area contributed by atoms with E-state index in [2.05, 4.69) is 5.32 Å². The first kappa shape index (κ1) is 15.9. The number of carbonyl (C=O) groups is 1. The van der Waals surface area contributed by atoms with Gasteiger partial charge in [-0.15, -0.1) is 0 Å². The van der Waals surface area contributed by atoms with Crippen molar-refractivity contribution < 1.29 is 13.6 Å². The summed E-state index contributed by atoms with van der Waals surface area (Å²) < 4.78 is 26.4. The van der Waals surface area contributed by atoms with Gasteiger partial charge in [0.25, 0.3) is 0 Å². The van der Waals surface area contributed by atoms with Gasteiger partial charge in [0.2, 0.25) is 5.91 Å². The molecule has 0 bridgehead atoms. The van der Waals surface area contributed by atoms with Crippen molar-refractivity contribution in [2.45, 2.75) is 44.7 Å². The fourth-order valence-electron chi connectivity index (χ4n) is 2.95. The Morgan fingerprint density at radius 1 is 1.43 bits per heavy atom. The predicted molar refractivity (Wildman–Crippen MR) is 77.8 cm³/mol. The van der Waals surface area contributed by atoms with Crippen LogP contribution in [0.15, 0.2) is 18.2 Å². The molecule has 2 atom stereocenters. The van der Waals surface area contributed by atoms with Gasteiger partial charge >= 0.3 is 0 Å². The Hall–Kier alpha value is -1.49. The second kappa shape index (κ2) is 6.10. The maximum absolute atomic E-state index is 13.4. The summed E-state index contributed by atoms with van der Waals surface area (Å²) in [5.74, 6) is -1.74. The molecule has 0 saturated carbocycles. The molecule has 1 fully saturated rings. The van der Waals surface area contributed by atoms with Crippen molar-refractivity contribution in [3.63, 3.8) is 0 Å². The van der Waals surface area contributed by atoms with Crippen molar-refractivity contribution >= 4 is 5.91 Å². The zero-order chi connectivity index (χ0) is 15.6. The van der Waals surface area contributed by atoms with Crippen LogP contribution in [0.25, 0.3) is 0 Å². The molecule has 1 heterocycles. The highest BCUT2D eigenvalue weighted by molar-refractivity contribution is 5.86. The smallest absolute Gasteiger partial charge is 0.243 e. The van der Waals surface area contributed by atoms with E-state index in [0.29, 0.717) is 5.56 Å². The molecule has 3 nitrogen and oxygen atoms in total. The van der Waals surface area contributed by atoms with Crippen LogP contribution in [0.5, 0.6) is 0 Å². The van der Waals surface area contributed by atoms with Gasteiger partial charge in [-0.3, -0.25) is 4.79 Å². The summed E-state index contributed by atoms with van der Waals surface area (Å²) in [7, 11) is 1.71. The Morgan fingerprint density at radius 2 is 2.14 bits per heavy atom. The van der Waals surface area contributed by atoms with E-state index in [-0.39, 0.29) is 11.9 Å². The summed E-state index contributed by atoms with van der Waals surface area (Å²) in [5, 5.41) is 3.30. The first-order chi connectivity index (χ1) is 9.91. The molecule has 1 aromatic rings. The molecule has 0 spiro atoms. The lowest BCUT2D eigenvalue weighted by Crippen LogP contribution is -2.54. The van der Waals surface area contributed by atoms with E-state index < -0.39 is 17.2 Å². The van der Waals surface area contributed by atoms with E-state index in [9.17, 15) is 13.6 Å². The molecule has 0 aromatic heterocycles. The lowest BCUT2D eigenvalue weighted by molar-refractivity contribution is -0.138. The van der Waals surface area contributed by atoms with Gasteiger partial charge in [0.15, 0.2) is 11.6 Å². The standard InChI is InChI=1S/C16H22F2N2O/c1-4-16(8-5-9-19-16)15(21)20(3)11(2)12-6-7-13(17)14(18)10-12/h6-7,10-11,19H,4-5,8-9H2,1-3H3. The van der Waals surface area contributed by atoms with Crippen LogP contribution in [0.1, 0.15) is 44.7 Å². The zero-order valence-electron chi connectivity index (χ0n) is 12.7. The number of carbonyl (C=O) groups excluding carboxylic acids is 1. The average molecular weight is 296 g/mol. The lowest BCUT2D eigenvalue weighted by Gasteiger charge is -2.35. The second-order valence-corrected chi connectivity index (χ2v) is 5.73. The average Bonchev–Trinajstić information content (AvgIpc) is 2.98. The summed E-state index contributed by atoms with van der Waals surface area (Å²) in [6.45, 7) is 4.65. The molecule has 0 radical (unpaired) electrons. The molecule has 1 N–H and O–H groups in total. The highest BCUT2D eigenvalue weighted by Crippen LogP contribution is 2.29. The van der Waals surface area contributed by atoms with Crippen LogP contribution < -0.4 is 5.32 Å². The molecular weight excluding hydrogens is 274 g/mol. The van der Waals surface area contributed by atoms with Crippen molar-refractivity contribution in [3.05, 3.63) is 35.4 Å². The van der Waals surface area contributed by atoms with Crippen LogP contribution in [0.3, 0.4) is 0 Å². The first-order valence-electron chi connectivity index (χ1n) is 7.38. The molecule has 5 heteroatoms. The van der Waals surface area contributed by atoms with Gasteiger partial charge in [0.1, 0.15) is 0 Å². The molecule has 2 unspecified atom stereocenters. The number of nitrogens with one attached hydrogen (secondary N) is 1. The Morgan fingerprint density at radius 3 is 2.67 bits per heavy atom. The molecular formula is C16H22F2N2O. The molecule has 1 aliphatic heterocycles. The highest BCUT2D eigenvalue weighted by atomic mass is 19.2. The number of nitrogens with zero attached hydrogens (tertiary/aromatic N) is 1. The summed E-state index contributed by atoms with van der Waals surface area (Å²) in [5.41, 5.74) is 0.0794. The van der Waals surface area contributed by atoms with Crippen molar-refractivity contribution in [2.24, 2.45) is 0 Å². The maximum atomic E-state index is 13.4. The number of halogens is 2. The zero-order valence-corrected chi connectivity index (χ0v) is 12.7. The van der Waals surface area contributed by atoms with Gasteiger partial charge in [-0.05, 0) is 50.4 Å². The van der Waals surface area contributed by atoms with Crippen LogP contribution >= 0.6 is 0 Å². The van der Waals surface area contributed by atoms with Crippen LogP contribution in [-0.2, 0) is 4.79 Å². The van der Waals surface area contributed by atoms with Crippen molar-refractivity contribution in [1.29, 1.82) is 0 Å². The molecule has 21 heavy (non-hydrogen) atoms. The van der Waals surface area contributed by atoms with Gasteiger partial charge < -0.3 is 10.2 Å². The van der Waals surface area contributed by atoms with E-state index in [1.54, 1.807) is 11.9 Å². The fraction of sp³-hybridized carbons (Fsp3) is 0.562. The Labute approximate surface area is 124 Å². The number of likely N-dealkylation sites (N-methyl/N-ethyl adjacent to an activating group) is 1. The molecule has 1 aromatic carbocycles. The SMILES string of the molecule is CCC1(C(=O)N(C)C(C)c2ccc(F)c(F)c2)CCCN1. The fourth-order valence-corrected chi connectivity index (χ4v) is 2.95. The Kier molecular flexibility index (Phi) is 4.61. The predicted octanol–water partition coefficient (Wildman–Crippen LogP) is 3.02. The van der Waals surface area contributed by atoms with Crippen LogP contribution in [0.4, 0.5) is 8.78 Å². The van der Waals surface area contributed by atoms with Gasteiger partial charge in [0, 0.05) is 7.05 Å². The number of hydrogen-bond donors (Lipinski definition) is 1. The van der Waals surface area contributed by atoms with E-state index in [4.69, 9.17) is 0 Å². The van der Waals surface area contributed by atoms with Crippen molar-refractivity contribution in [2.75, 3.05) is 13.6 Å². The minimum absolute atomic E-state index is 0.0136. The topological polar surface area (TPSA) is 32.3 Å². The van der Waals surface area contributed by atoms with Crippen molar-refractivity contribution in [1.82, 2.24) is 10.2 Å². The summed E-state index contributed by atoms with van der Waals surface area (Å²) in [4.78, 5) is 14.4. The first-order valence-corrected chi connectivity index (χ1v) is 7.38. The monoisotopic (exact) mass is 296 g/mol. The largest absolute Gasteiger partial charge is 0.337 e. The Balaban J connectivity index is 2.19. The molecule has 1 saturated heterocycles. The van der Waals surface area contributed by atoms with E-state index in [1.807, 2.05) is 13.8 Å². The van der Waals surface area contributed by atoms with E-state index in [0.717, 1.165) is 37.9 Å². The minimum Gasteiger partial charge on any atom is -0.337 e. The normalized spacial score (nSPS) is 23.1. The van der Waals surface area contributed by atoms with E-state index >= 15 is 0 Å². The third-order valence-electron chi connectivity index (χ3n) is 4.58. The number of rotatable bonds is 4. The Bertz CT molecular complexity index is 527. The minimum atomic E-state index is -0.885. The quantitative estimate of drug-likeness (QED) is 0.926. The van der Waals surface area contributed by atoms with Gasteiger partial charge in [-0.1, -0.05) is 13.0 Å². The number of hydrogen-bond acceptors (Lipinski definition) is 2. The van der Waals surface area contributed by atoms with Gasteiger partial charge in [-0.25, -0.2) is 8.78 Å². The molecule has 1 amide bonds. The molecule has 116 valence electrons. The van der Waals surface area contributed by atoms with Crippen LogP contribution in [0, 0.1) is 11.6 Å². The maximum Gasteiger partial charge on any atom is 0.243 e. The summed E-state index contributed by atoms with van der Waals surface area (Å²) in [6, 6.07) is 3.47.